The van der Waals surface area contributed by atoms with Gasteiger partial charge in [-0.15, -0.1) is 0 Å². The van der Waals surface area contributed by atoms with Gasteiger partial charge < -0.3 is 16.4 Å². The van der Waals surface area contributed by atoms with E-state index in [1.807, 2.05) is 0 Å². The molecule has 98 valence electrons. The van der Waals surface area contributed by atoms with E-state index in [1.54, 1.807) is 6.07 Å². The van der Waals surface area contributed by atoms with Gasteiger partial charge in [-0.25, -0.2) is 4.79 Å². The summed E-state index contributed by atoms with van der Waals surface area (Å²) in [5.41, 5.74) is 5.85. The van der Waals surface area contributed by atoms with E-state index in [2.05, 4.69) is 26.6 Å². The Kier molecular flexibility index (Phi) is 5.53. The number of nitro groups is 1. The van der Waals surface area contributed by atoms with Crippen molar-refractivity contribution in [2.75, 3.05) is 13.1 Å². The first-order valence-electron chi connectivity index (χ1n) is 5.17. The maximum Gasteiger partial charge on any atom is 0.312 e. The molecular weight excluding hydrogens is 304 g/mol. The number of benzene rings is 1. The second-order valence-corrected chi connectivity index (χ2v) is 4.35. The minimum atomic E-state index is -0.562. The van der Waals surface area contributed by atoms with Crippen LogP contribution >= 0.6 is 15.9 Å². The van der Waals surface area contributed by atoms with E-state index in [-0.39, 0.29) is 5.69 Å². The van der Waals surface area contributed by atoms with Gasteiger partial charge in [0.2, 0.25) is 0 Å². The number of non-ortho nitro benzene ring substituents is 1. The molecule has 0 spiro atoms. The predicted octanol–water partition coefficient (Wildman–Crippen LogP) is 1.12. The van der Waals surface area contributed by atoms with Gasteiger partial charge in [0, 0.05) is 36.2 Å². The zero-order valence-corrected chi connectivity index (χ0v) is 11.1. The third kappa shape index (κ3) is 4.68. The number of nitrogens with one attached hydrogen (secondary N) is 2. The van der Waals surface area contributed by atoms with Crippen LogP contribution in [-0.4, -0.2) is 24.0 Å². The molecule has 7 nitrogen and oxygen atoms in total. The molecular formula is C10H13BrN4O3. The lowest BCUT2D eigenvalue weighted by Gasteiger charge is -2.07. The van der Waals surface area contributed by atoms with E-state index in [1.165, 1.54) is 12.1 Å². The highest BCUT2D eigenvalue weighted by molar-refractivity contribution is 9.10. The van der Waals surface area contributed by atoms with Crippen molar-refractivity contribution in [1.82, 2.24) is 10.6 Å². The Morgan fingerprint density at radius 1 is 1.44 bits per heavy atom. The van der Waals surface area contributed by atoms with Crippen molar-refractivity contribution in [3.8, 4) is 0 Å². The van der Waals surface area contributed by atoms with Gasteiger partial charge >= 0.3 is 6.03 Å². The number of nitro benzene ring substituents is 1. The molecule has 0 heterocycles. The number of nitrogens with two attached hydrogens (primary N) is 1. The molecule has 1 rings (SSSR count). The third-order valence-electron chi connectivity index (χ3n) is 2.16. The van der Waals surface area contributed by atoms with Crippen molar-refractivity contribution in [1.29, 1.82) is 0 Å². The van der Waals surface area contributed by atoms with Crippen LogP contribution in [0.3, 0.4) is 0 Å². The number of nitrogens with zero attached hydrogens (tertiary/aromatic N) is 1. The van der Waals surface area contributed by atoms with Crippen LogP contribution in [0.2, 0.25) is 0 Å². The number of primary amides is 1. The number of carbonyl (C=O) groups excluding carboxylic acids is 1. The smallest absolute Gasteiger partial charge is 0.312 e. The van der Waals surface area contributed by atoms with Crippen LogP contribution in [0.5, 0.6) is 0 Å². The Hall–Kier alpha value is -1.67. The van der Waals surface area contributed by atoms with Gasteiger partial charge in [0.25, 0.3) is 5.69 Å². The maximum atomic E-state index is 10.5. The first-order chi connectivity index (χ1) is 8.50. The largest absolute Gasteiger partial charge is 0.352 e. The molecule has 0 fully saturated rings. The van der Waals surface area contributed by atoms with Crippen molar-refractivity contribution < 1.29 is 9.72 Å². The van der Waals surface area contributed by atoms with E-state index in [0.29, 0.717) is 24.1 Å². The molecule has 0 aliphatic heterocycles. The Balaban J connectivity index is 2.43. The fourth-order valence-corrected chi connectivity index (χ4v) is 1.80. The van der Waals surface area contributed by atoms with E-state index in [0.717, 1.165) is 5.56 Å². The molecule has 8 heteroatoms. The van der Waals surface area contributed by atoms with Gasteiger partial charge in [0.05, 0.1) is 4.92 Å². The molecule has 0 unspecified atom stereocenters. The molecule has 0 radical (unpaired) electrons. The standard InChI is InChI=1S/C10H13BrN4O3/c11-9-5-8(15(17)18)2-1-7(9)6-13-3-4-14-10(12)16/h1-2,5,13H,3-4,6H2,(H3,12,14,16). The first-order valence-corrected chi connectivity index (χ1v) is 5.97. The van der Waals surface area contributed by atoms with Crippen molar-refractivity contribution in [3.05, 3.63) is 38.3 Å². The van der Waals surface area contributed by atoms with Crippen LogP contribution in [0, 0.1) is 10.1 Å². The minimum absolute atomic E-state index is 0.0426. The molecule has 4 N–H and O–H groups in total. The van der Waals surface area contributed by atoms with Crippen molar-refractivity contribution in [2.45, 2.75) is 6.54 Å². The van der Waals surface area contributed by atoms with Gasteiger partial charge in [-0.2, -0.15) is 0 Å². The second-order valence-electron chi connectivity index (χ2n) is 3.50. The summed E-state index contributed by atoms with van der Waals surface area (Å²) in [5, 5.41) is 16.1. The summed E-state index contributed by atoms with van der Waals surface area (Å²) in [6, 6.07) is 4.02. The van der Waals surface area contributed by atoms with Crippen LogP contribution in [0.25, 0.3) is 0 Å². The number of carbonyl (C=O) groups is 1. The predicted molar refractivity (Wildman–Crippen MR) is 70.1 cm³/mol. The highest BCUT2D eigenvalue weighted by atomic mass is 79.9. The SMILES string of the molecule is NC(=O)NCCNCc1ccc([N+](=O)[O-])cc1Br. The normalized spacial score (nSPS) is 10.1. The molecule has 0 aliphatic carbocycles. The van der Waals surface area contributed by atoms with Crippen LogP contribution in [0.4, 0.5) is 10.5 Å². The summed E-state index contributed by atoms with van der Waals surface area (Å²) in [6.07, 6.45) is 0. The zero-order chi connectivity index (χ0) is 13.5. The van der Waals surface area contributed by atoms with Gasteiger partial charge in [-0.1, -0.05) is 15.9 Å². The topological polar surface area (TPSA) is 110 Å². The molecule has 1 aromatic carbocycles. The second kappa shape index (κ2) is 6.92. The van der Waals surface area contributed by atoms with Crippen LogP contribution in [0.15, 0.2) is 22.7 Å². The Morgan fingerprint density at radius 2 is 2.17 bits per heavy atom. The number of hydrogen-bond acceptors (Lipinski definition) is 4. The zero-order valence-electron chi connectivity index (χ0n) is 9.48. The molecule has 2 amide bonds. The summed E-state index contributed by atoms with van der Waals surface area (Å²) in [5.74, 6) is 0. The molecule has 0 aliphatic rings. The number of hydrogen-bond donors (Lipinski definition) is 3. The summed E-state index contributed by atoms with van der Waals surface area (Å²) < 4.78 is 0.673. The Bertz CT molecular complexity index is 453. The fourth-order valence-electron chi connectivity index (χ4n) is 1.29. The monoisotopic (exact) mass is 316 g/mol. The first kappa shape index (κ1) is 14.4. The van der Waals surface area contributed by atoms with Gasteiger partial charge in [0.15, 0.2) is 0 Å². The molecule has 0 atom stereocenters. The summed E-state index contributed by atoms with van der Waals surface area (Å²) in [7, 11) is 0. The third-order valence-corrected chi connectivity index (χ3v) is 2.90. The Morgan fingerprint density at radius 3 is 2.72 bits per heavy atom. The molecule has 1 aromatic rings. The molecule has 0 bridgehead atoms. The van der Waals surface area contributed by atoms with Crippen molar-refractivity contribution in [2.24, 2.45) is 5.73 Å². The van der Waals surface area contributed by atoms with E-state index in [4.69, 9.17) is 5.73 Å². The molecule has 0 aromatic heterocycles. The lowest BCUT2D eigenvalue weighted by Crippen LogP contribution is -2.35. The van der Waals surface area contributed by atoms with E-state index < -0.39 is 11.0 Å². The molecule has 18 heavy (non-hydrogen) atoms. The average Bonchev–Trinajstić information content (AvgIpc) is 2.29. The van der Waals surface area contributed by atoms with E-state index in [9.17, 15) is 14.9 Å². The highest BCUT2D eigenvalue weighted by Gasteiger charge is 2.08. The fraction of sp³-hybridized carbons (Fsp3) is 0.300. The number of rotatable bonds is 6. The number of amides is 2. The summed E-state index contributed by atoms with van der Waals surface area (Å²) >= 11 is 3.27. The van der Waals surface area contributed by atoms with E-state index >= 15 is 0 Å². The van der Waals surface area contributed by atoms with Crippen LogP contribution < -0.4 is 16.4 Å². The van der Waals surface area contributed by atoms with Gasteiger partial charge in [-0.3, -0.25) is 10.1 Å². The molecule has 0 saturated carbocycles. The average molecular weight is 317 g/mol. The molecule has 0 saturated heterocycles. The lowest BCUT2D eigenvalue weighted by atomic mass is 10.2. The highest BCUT2D eigenvalue weighted by Crippen LogP contribution is 2.22. The Labute approximate surface area is 112 Å². The quantitative estimate of drug-likeness (QED) is 0.415. The van der Waals surface area contributed by atoms with Gasteiger partial charge in [0.1, 0.15) is 0 Å². The number of urea groups is 1. The lowest BCUT2D eigenvalue weighted by molar-refractivity contribution is -0.384. The van der Waals surface area contributed by atoms with Crippen LogP contribution in [0.1, 0.15) is 5.56 Å². The minimum Gasteiger partial charge on any atom is -0.352 e. The van der Waals surface area contributed by atoms with Gasteiger partial charge in [-0.05, 0) is 11.6 Å². The summed E-state index contributed by atoms with van der Waals surface area (Å²) in [4.78, 5) is 20.5. The maximum absolute atomic E-state index is 10.5. The van der Waals surface area contributed by atoms with Crippen molar-refractivity contribution >= 4 is 27.6 Å². The van der Waals surface area contributed by atoms with Crippen LogP contribution in [-0.2, 0) is 6.54 Å². The number of halogens is 1. The summed E-state index contributed by atoms with van der Waals surface area (Å²) in [6.45, 7) is 1.53. The van der Waals surface area contributed by atoms with Crippen molar-refractivity contribution in [3.63, 3.8) is 0 Å².